The van der Waals surface area contributed by atoms with Crippen LogP contribution >= 0.6 is 38.1 Å². The number of nitrogens with two attached hydrogens (primary N) is 1. The summed E-state index contributed by atoms with van der Waals surface area (Å²) in [5.41, 5.74) is 7.48. The SMILES string of the molecule is NC(=O)c1cc([C@@H]2C[C@@H]3CO[P@@](=O)(S)O[C@H]4[C@@H](F)[C@H](n5cnc6c5ncn5ccnc65)O[C@@H]4CO[P@@](=O)(S)OC[C@H]32)ccn1. The van der Waals surface area contributed by atoms with E-state index in [0.717, 1.165) is 5.56 Å². The fraction of sp³-hybridized carbons (Fsp3) is 0.458. The van der Waals surface area contributed by atoms with Gasteiger partial charge in [-0.05, 0) is 41.9 Å². The summed E-state index contributed by atoms with van der Waals surface area (Å²) in [6.07, 6.45) is 2.19. The summed E-state index contributed by atoms with van der Waals surface area (Å²) in [7, 11) is 0. The van der Waals surface area contributed by atoms with Crippen LogP contribution in [0.3, 0.4) is 0 Å². The van der Waals surface area contributed by atoms with Crippen molar-refractivity contribution in [2.24, 2.45) is 17.6 Å². The Balaban J connectivity index is 1.13. The van der Waals surface area contributed by atoms with E-state index in [9.17, 15) is 13.9 Å². The molecule has 2 N–H and O–H groups in total. The lowest BCUT2D eigenvalue weighted by atomic mass is 9.63. The fourth-order valence-electron chi connectivity index (χ4n) is 5.92. The number of carbonyl (C=O) groups is 1. The zero-order valence-electron chi connectivity index (χ0n) is 22.6. The Bertz CT molecular complexity index is 1850. The Morgan fingerprint density at radius 2 is 1.80 bits per heavy atom. The van der Waals surface area contributed by atoms with Gasteiger partial charge in [-0.3, -0.25) is 27.8 Å². The maximum Gasteiger partial charge on any atom is 0.386 e. The second kappa shape index (κ2) is 11.4. The average Bonchev–Trinajstić information content (AvgIpc) is 3.68. The molecule has 1 aliphatic carbocycles. The van der Waals surface area contributed by atoms with Crippen molar-refractivity contribution in [3.8, 4) is 0 Å². The number of alkyl halides is 1. The standard InChI is InChI=1S/C24H26FN7O8P2S2/c25-18-20-17(39-24(18)32-11-29-19-22-28-3-4-31(22)10-30-23(19)32)9-38-41(34,43)37-8-15-13(7-36-42(35,44)40-20)5-14(15)12-1-2-27-16(6-12)21(26)33/h1-4,6,10-11,13-15,17-18,20,24H,5,7-9H2,(H2,26,33)(H,34,43)(H,35,44)/t13-,14+,15-,17-,18-,20-,24-,41+,42-/m1/s1. The summed E-state index contributed by atoms with van der Waals surface area (Å²) in [6.45, 7) is -8.76. The van der Waals surface area contributed by atoms with Crippen LogP contribution in [-0.4, -0.2) is 73.0 Å². The number of hydrogen-bond acceptors (Lipinski definition) is 12. The molecule has 2 saturated heterocycles. The molecule has 3 aliphatic rings. The smallest absolute Gasteiger partial charge is 0.364 e. The number of rotatable bonds is 3. The number of carbonyl (C=O) groups excluding carboxylic acids is 1. The Morgan fingerprint density at radius 1 is 1.00 bits per heavy atom. The van der Waals surface area contributed by atoms with E-state index in [1.807, 2.05) is 0 Å². The number of pyridine rings is 1. The van der Waals surface area contributed by atoms with E-state index >= 15 is 4.39 Å². The van der Waals surface area contributed by atoms with Crippen molar-refractivity contribution in [3.05, 3.63) is 54.6 Å². The van der Waals surface area contributed by atoms with Crippen LogP contribution in [0.2, 0.25) is 0 Å². The molecule has 2 aliphatic heterocycles. The van der Waals surface area contributed by atoms with Gasteiger partial charge in [0.15, 0.2) is 29.2 Å². The molecule has 44 heavy (non-hydrogen) atoms. The fourth-order valence-corrected chi connectivity index (χ4v) is 8.62. The summed E-state index contributed by atoms with van der Waals surface area (Å²) >= 11 is 8.25. The minimum absolute atomic E-state index is 0.0658. The topological polar surface area (TPSA) is 184 Å². The van der Waals surface area contributed by atoms with Crippen LogP contribution in [0.1, 0.15) is 34.6 Å². The molecule has 6 heterocycles. The molecule has 4 aromatic heterocycles. The Hall–Kier alpha value is -2.40. The van der Waals surface area contributed by atoms with Gasteiger partial charge in [-0.25, -0.2) is 28.5 Å². The van der Waals surface area contributed by atoms with Crippen LogP contribution < -0.4 is 5.73 Å². The highest BCUT2D eigenvalue weighted by molar-refractivity contribution is 8.44. The van der Waals surface area contributed by atoms with Gasteiger partial charge in [0.05, 0.1) is 26.1 Å². The van der Waals surface area contributed by atoms with E-state index in [1.165, 1.54) is 23.4 Å². The van der Waals surface area contributed by atoms with Gasteiger partial charge >= 0.3 is 13.6 Å². The highest BCUT2D eigenvalue weighted by Crippen LogP contribution is 2.61. The first-order chi connectivity index (χ1) is 21.0. The molecule has 3 fully saturated rings. The molecule has 15 nitrogen and oxygen atoms in total. The van der Waals surface area contributed by atoms with E-state index in [0.29, 0.717) is 23.2 Å². The number of halogens is 1. The van der Waals surface area contributed by atoms with Crippen molar-refractivity contribution in [3.63, 3.8) is 0 Å². The number of thiol groups is 2. The van der Waals surface area contributed by atoms with E-state index in [1.54, 1.807) is 28.9 Å². The van der Waals surface area contributed by atoms with Crippen molar-refractivity contribution in [2.75, 3.05) is 19.8 Å². The summed E-state index contributed by atoms with van der Waals surface area (Å²) < 4.78 is 74.2. The van der Waals surface area contributed by atoms with Crippen molar-refractivity contribution in [1.82, 2.24) is 28.9 Å². The quantitative estimate of drug-likeness (QED) is 0.210. The van der Waals surface area contributed by atoms with Crippen LogP contribution in [0, 0.1) is 11.8 Å². The molecule has 9 atom stereocenters. The minimum atomic E-state index is -4.15. The third kappa shape index (κ3) is 5.60. The number of fused-ring (bicyclic) bond motifs is 5. The van der Waals surface area contributed by atoms with Crippen LogP contribution in [-0.2, 0) is 32.0 Å². The van der Waals surface area contributed by atoms with Gasteiger partial charge in [0, 0.05) is 18.6 Å². The molecule has 0 aromatic carbocycles. The summed E-state index contributed by atoms with van der Waals surface area (Å²) in [4.78, 5) is 28.6. The minimum Gasteiger partial charge on any atom is -0.364 e. The molecule has 4 aromatic rings. The number of primary amides is 1. The number of ether oxygens (including phenoxy) is 1. The maximum absolute atomic E-state index is 16.1. The first kappa shape index (κ1) is 30.3. The average molecular weight is 686 g/mol. The van der Waals surface area contributed by atoms with Crippen LogP contribution in [0.15, 0.2) is 43.4 Å². The predicted molar refractivity (Wildman–Crippen MR) is 158 cm³/mol. The molecular formula is C24H26FN7O8P2S2. The van der Waals surface area contributed by atoms with Crippen molar-refractivity contribution in [1.29, 1.82) is 0 Å². The van der Waals surface area contributed by atoms with Crippen molar-refractivity contribution in [2.45, 2.75) is 36.9 Å². The molecule has 20 heteroatoms. The zero-order valence-corrected chi connectivity index (χ0v) is 26.2. The third-order valence-electron chi connectivity index (χ3n) is 8.18. The van der Waals surface area contributed by atoms with Gasteiger partial charge in [-0.1, -0.05) is 24.5 Å². The number of amides is 1. The summed E-state index contributed by atoms with van der Waals surface area (Å²) in [5, 5.41) is 0. The molecule has 1 saturated carbocycles. The lowest BCUT2D eigenvalue weighted by molar-refractivity contribution is -0.0407. The lowest BCUT2D eigenvalue weighted by Gasteiger charge is -2.45. The molecule has 7 rings (SSSR count). The molecule has 0 spiro atoms. The molecule has 0 radical (unpaired) electrons. The van der Waals surface area contributed by atoms with Gasteiger partial charge in [0.2, 0.25) is 0 Å². The van der Waals surface area contributed by atoms with Gasteiger partial charge < -0.3 is 19.5 Å². The lowest BCUT2D eigenvalue weighted by Crippen LogP contribution is -2.40. The number of nitrogens with zero attached hydrogens (tertiary/aromatic N) is 6. The second-order valence-corrected chi connectivity index (χ2v) is 16.5. The highest BCUT2D eigenvalue weighted by atomic mass is 32.7. The highest BCUT2D eigenvalue weighted by Gasteiger charge is 2.52. The van der Waals surface area contributed by atoms with Crippen molar-refractivity contribution < 1.29 is 41.1 Å². The Labute approximate surface area is 259 Å². The van der Waals surface area contributed by atoms with Crippen molar-refractivity contribution >= 4 is 60.8 Å². The van der Waals surface area contributed by atoms with Crippen LogP contribution in [0.25, 0.3) is 16.8 Å². The maximum atomic E-state index is 16.1. The number of hydrogen-bond donors (Lipinski definition) is 3. The molecule has 0 unspecified atom stereocenters. The van der Waals surface area contributed by atoms with Gasteiger partial charge in [0.25, 0.3) is 5.91 Å². The normalized spacial score (nSPS) is 36.5. The van der Waals surface area contributed by atoms with E-state index < -0.39 is 50.7 Å². The number of aromatic nitrogens is 6. The molecule has 1 amide bonds. The Kier molecular flexibility index (Phi) is 7.87. The molecule has 0 bridgehead atoms. The van der Waals surface area contributed by atoms with Crippen LogP contribution in [0.5, 0.6) is 0 Å². The predicted octanol–water partition coefficient (Wildman–Crippen LogP) is 3.75. The van der Waals surface area contributed by atoms with Gasteiger partial charge in [-0.15, -0.1) is 0 Å². The van der Waals surface area contributed by atoms with Gasteiger partial charge in [0.1, 0.15) is 24.2 Å². The van der Waals surface area contributed by atoms with E-state index in [-0.39, 0.29) is 36.7 Å². The van der Waals surface area contributed by atoms with Crippen LogP contribution in [0.4, 0.5) is 4.39 Å². The first-order valence-electron chi connectivity index (χ1n) is 13.5. The largest absolute Gasteiger partial charge is 0.386 e. The third-order valence-corrected chi connectivity index (χ3v) is 11.4. The summed E-state index contributed by atoms with van der Waals surface area (Å²) in [6, 6.07) is 3.33. The second-order valence-electron chi connectivity index (χ2n) is 10.7. The molecule has 234 valence electrons. The number of imidazole rings is 2. The first-order valence-corrected chi connectivity index (χ1v) is 18.9. The van der Waals surface area contributed by atoms with E-state index in [4.69, 9.17) is 28.6 Å². The zero-order chi connectivity index (χ0) is 30.8. The van der Waals surface area contributed by atoms with E-state index in [2.05, 4.69) is 44.4 Å². The molecular weight excluding hydrogens is 659 g/mol. The van der Waals surface area contributed by atoms with Gasteiger partial charge in [-0.2, -0.15) is 0 Å². The Morgan fingerprint density at radius 3 is 2.61 bits per heavy atom. The summed E-state index contributed by atoms with van der Waals surface area (Å²) in [5.74, 6) is -1.36. The monoisotopic (exact) mass is 685 g/mol.